The van der Waals surface area contributed by atoms with Crippen molar-refractivity contribution >= 4 is 11.6 Å². The van der Waals surface area contributed by atoms with Crippen LogP contribution in [0.1, 0.15) is 30.0 Å². The quantitative estimate of drug-likeness (QED) is 0.889. The summed E-state index contributed by atoms with van der Waals surface area (Å²) in [5, 5.41) is 3.25. The SMILES string of the molecule is COc1cc(C(F)(F)F)c(C2CCCN2)cc1Cl. The van der Waals surface area contributed by atoms with Crippen molar-refractivity contribution < 1.29 is 17.9 Å². The molecule has 18 heavy (non-hydrogen) atoms. The molecule has 1 saturated heterocycles. The van der Waals surface area contributed by atoms with E-state index in [1.807, 2.05) is 0 Å². The normalized spacial score (nSPS) is 20.2. The highest BCUT2D eigenvalue weighted by Crippen LogP contribution is 2.41. The third-order valence-corrected chi connectivity index (χ3v) is 3.36. The summed E-state index contributed by atoms with van der Waals surface area (Å²) >= 11 is 5.91. The van der Waals surface area contributed by atoms with E-state index in [-0.39, 0.29) is 22.4 Å². The highest BCUT2D eigenvalue weighted by Gasteiger charge is 2.37. The molecule has 0 bridgehead atoms. The molecule has 0 saturated carbocycles. The number of benzene rings is 1. The van der Waals surface area contributed by atoms with Crippen LogP contribution in [0.3, 0.4) is 0 Å². The molecular formula is C12H13ClF3NO. The summed E-state index contributed by atoms with van der Waals surface area (Å²) in [6, 6.07) is 2.04. The number of ether oxygens (including phenoxy) is 1. The number of rotatable bonds is 2. The van der Waals surface area contributed by atoms with Crippen molar-refractivity contribution in [3.8, 4) is 5.75 Å². The van der Waals surface area contributed by atoms with Gasteiger partial charge in [-0.3, -0.25) is 0 Å². The molecule has 2 nitrogen and oxygen atoms in total. The maximum atomic E-state index is 13.0. The van der Waals surface area contributed by atoms with E-state index in [0.717, 1.165) is 19.0 Å². The molecule has 6 heteroatoms. The van der Waals surface area contributed by atoms with Gasteiger partial charge < -0.3 is 10.1 Å². The van der Waals surface area contributed by atoms with Crippen molar-refractivity contribution in [2.24, 2.45) is 0 Å². The average molecular weight is 280 g/mol. The van der Waals surface area contributed by atoms with Gasteiger partial charge in [0.2, 0.25) is 0 Å². The largest absolute Gasteiger partial charge is 0.495 e. The maximum absolute atomic E-state index is 13.0. The molecule has 0 amide bonds. The Hall–Kier alpha value is -0.940. The Morgan fingerprint density at radius 3 is 2.61 bits per heavy atom. The van der Waals surface area contributed by atoms with Crippen LogP contribution in [0, 0.1) is 0 Å². The first-order chi connectivity index (χ1) is 8.43. The minimum absolute atomic E-state index is 0.0470. The Morgan fingerprint density at radius 2 is 2.11 bits per heavy atom. The lowest BCUT2D eigenvalue weighted by Crippen LogP contribution is -2.18. The minimum Gasteiger partial charge on any atom is -0.495 e. The lowest BCUT2D eigenvalue weighted by molar-refractivity contribution is -0.138. The van der Waals surface area contributed by atoms with Gasteiger partial charge in [0.05, 0.1) is 17.7 Å². The summed E-state index contributed by atoms with van der Waals surface area (Å²) in [6.07, 6.45) is -2.85. The topological polar surface area (TPSA) is 21.3 Å². The van der Waals surface area contributed by atoms with Crippen molar-refractivity contribution in [2.45, 2.75) is 25.1 Å². The van der Waals surface area contributed by atoms with Gasteiger partial charge in [-0.05, 0) is 37.1 Å². The number of hydrogen-bond acceptors (Lipinski definition) is 2. The van der Waals surface area contributed by atoms with Crippen molar-refractivity contribution in [1.29, 1.82) is 0 Å². The lowest BCUT2D eigenvalue weighted by Gasteiger charge is -2.19. The molecule has 1 unspecified atom stereocenters. The molecule has 0 aromatic heterocycles. The summed E-state index contributed by atoms with van der Waals surface area (Å²) in [6.45, 7) is 0.728. The van der Waals surface area contributed by atoms with Crippen LogP contribution in [-0.4, -0.2) is 13.7 Å². The second-order valence-electron chi connectivity index (χ2n) is 4.22. The first kappa shape index (κ1) is 13.5. The van der Waals surface area contributed by atoms with Crippen LogP contribution in [-0.2, 0) is 6.18 Å². The van der Waals surface area contributed by atoms with E-state index in [0.29, 0.717) is 6.42 Å². The minimum atomic E-state index is -4.41. The van der Waals surface area contributed by atoms with Crippen molar-refractivity contribution in [1.82, 2.24) is 5.32 Å². The fourth-order valence-corrected chi connectivity index (χ4v) is 2.46. The van der Waals surface area contributed by atoms with Gasteiger partial charge in [0.15, 0.2) is 0 Å². The molecule has 0 aliphatic carbocycles. The first-order valence-electron chi connectivity index (χ1n) is 5.61. The first-order valence-corrected chi connectivity index (χ1v) is 5.99. The predicted octanol–water partition coefficient (Wildman–Crippen LogP) is 3.79. The van der Waals surface area contributed by atoms with Crippen LogP contribution in [0.25, 0.3) is 0 Å². The van der Waals surface area contributed by atoms with E-state index in [1.54, 1.807) is 0 Å². The zero-order valence-electron chi connectivity index (χ0n) is 9.77. The van der Waals surface area contributed by atoms with E-state index >= 15 is 0 Å². The van der Waals surface area contributed by atoms with Crippen molar-refractivity contribution in [3.05, 3.63) is 28.3 Å². The average Bonchev–Trinajstić information content (AvgIpc) is 2.80. The monoisotopic (exact) mass is 279 g/mol. The van der Waals surface area contributed by atoms with Gasteiger partial charge in [-0.1, -0.05) is 11.6 Å². The summed E-state index contributed by atoms with van der Waals surface area (Å²) in [7, 11) is 1.30. The fourth-order valence-electron chi connectivity index (χ4n) is 2.21. The molecular weight excluding hydrogens is 267 g/mol. The smallest absolute Gasteiger partial charge is 0.416 e. The summed E-state index contributed by atoms with van der Waals surface area (Å²) in [5.41, 5.74) is -0.478. The number of alkyl halides is 3. The molecule has 100 valence electrons. The van der Waals surface area contributed by atoms with Crippen LogP contribution >= 0.6 is 11.6 Å². The van der Waals surface area contributed by atoms with E-state index in [4.69, 9.17) is 16.3 Å². The maximum Gasteiger partial charge on any atom is 0.416 e. The van der Waals surface area contributed by atoms with Crippen LogP contribution < -0.4 is 10.1 Å². The van der Waals surface area contributed by atoms with Gasteiger partial charge >= 0.3 is 6.18 Å². The molecule has 0 spiro atoms. The molecule has 1 aliphatic heterocycles. The van der Waals surface area contributed by atoms with Crippen LogP contribution in [0.4, 0.5) is 13.2 Å². The molecule has 2 rings (SSSR count). The lowest BCUT2D eigenvalue weighted by atomic mass is 9.98. The zero-order valence-corrected chi connectivity index (χ0v) is 10.5. The fraction of sp³-hybridized carbons (Fsp3) is 0.500. The van der Waals surface area contributed by atoms with E-state index in [2.05, 4.69) is 5.32 Å². The highest BCUT2D eigenvalue weighted by molar-refractivity contribution is 6.32. The molecule has 1 aliphatic rings. The van der Waals surface area contributed by atoms with Crippen molar-refractivity contribution in [2.75, 3.05) is 13.7 Å². The number of halogens is 4. The molecule has 1 aromatic rings. The van der Waals surface area contributed by atoms with Gasteiger partial charge in [-0.25, -0.2) is 0 Å². The summed E-state index contributed by atoms with van der Waals surface area (Å²) in [4.78, 5) is 0. The number of methoxy groups -OCH3 is 1. The van der Waals surface area contributed by atoms with Gasteiger partial charge in [-0.15, -0.1) is 0 Å². The predicted molar refractivity (Wildman–Crippen MR) is 63.0 cm³/mol. The molecule has 0 radical (unpaired) electrons. The van der Waals surface area contributed by atoms with Gasteiger partial charge in [0.25, 0.3) is 0 Å². The Balaban J connectivity index is 2.52. The Bertz CT molecular complexity index is 442. The molecule has 1 fully saturated rings. The molecule has 1 N–H and O–H groups in total. The van der Waals surface area contributed by atoms with E-state index < -0.39 is 11.7 Å². The van der Waals surface area contributed by atoms with Gasteiger partial charge in [0.1, 0.15) is 5.75 Å². The number of hydrogen-bond donors (Lipinski definition) is 1. The van der Waals surface area contributed by atoms with Crippen LogP contribution in [0.2, 0.25) is 5.02 Å². The molecule has 1 atom stereocenters. The van der Waals surface area contributed by atoms with Gasteiger partial charge in [0, 0.05) is 6.04 Å². The van der Waals surface area contributed by atoms with Crippen LogP contribution in [0.5, 0.6) is 5.75 Å². The third kappa shape index (κ3) is 2.57. The Labute approximate surface area is 108 Å². The van der Waals surface area contributed by atoms with E-state index in [1.165, 1.54) is 13.2 Å². The summed E-state index contributed by atoms with van der Waals surface area (Å²) in [5.74, 6) is 0.0470. The standard InChI is InChI=1S/C12H13ClF3NO/c1-18-11-6-8(12(14,15)16)7(5-9(11)13)10-3-2-4-17-10/h5-6,10,17H,2-4H2,1H3. The third-order valence-electron chi connectivity index (χ3n) is 3.07. The highest BCUT2D eigenvalue weighted by atomic mass is 35.5. The van der Waals surface area contributed by atoms with Crippen LogP contribution in [0.15, 0.2) is 12.1 Å². The summed E-state index contributed by atoms with van der Waals surface area (Å²) < 4.78 is 43.9. The Morgan fingerprint density at radius 1 is 1.39 bits per heavy atom. The van der Waals surface area contributed by atoms with E-state index in [9.17, 15) is 13.2 Å². The second kappa shape index (κ2) is 4.97. The van der Waals surface area contributed by atoms with Gasteiger partial charge in [-0.2, -0.15) is 13.2 Å². The zero-order chi connectivity index (χ0) is 13.3. The number of nitrogens with one attached hydrogen (secondary N) is 1. The molecule has 1 heterocycles. The second-order valence-corrected chi connectivity index (χ2v) is 4.63. The Kier molecular flexibility index (Phi) is 3.73. The molecule has 1 aromatic carbocycles. The van der Waals surface area contributed by atoms with Crippen molar-refractivity contribution in [3.63, 3.8) is 0 Å².